The van der Waals surface area contributed by atoms with Crippen molar-refractivity contribution in [3.05, 3.63) is 20.5 Å². The van der Waals surface area contributed by atoms with Crippen LogP contribution in [-0.4, -0.2) is 4.98 Å². The Balaban J connectivity index is 3.55. The van der Waals surface area contributed by atoms with Gasteiger partial charge in [0, 0.05) is 4.91 Å². The maximum absolute atomic E-state index is 8.99. The van der Waals surface area contributed by atoms with E-state index in [1.54, 1.807) is 0 Å². The van der Waals surface area contributed by atoms with Crippen molar-refractivity contribution >= 4 is 40.5 Å². The monoisotopic (exact) mass is 214 g/mol. The van der Waals surface area contributed by atoms with E-state index in [2.05, 4.69) is 15.0 Å². The van der Waals surface area contributed by atoms with E-state index in [0.29, 0.717) is 0 Å². The Morgan fingerprint density at radius 2 is 1.69 bits per heavy atom. The molecule has 0 aliphatic rings. The van der Waals surface area contributed by atoms with Gasteiger partial charge in [-0.05, 0) is 5.53 Å². The van der Waals surface area contributed by atoms with Crippen LogP contribution < -0.4 is 11.5 Å². The molecule has 0 amide bonds. The van der Waals surface area contributed by atoms with Gasteiger partial charge in [0.05, 0.1) is 15.7 Å². The smallest absolute Gasteiger partial charge is 0.195 e. The minimum Gasteiger partial charge on any atom is -0.203 e. The molecule has 0 fully saturated rings. The second kappa shape index (κ2) is 3.57. The number of azide groups is 1. The first kappa shape index (κ1) is 9.73. The molecule has 0 spiro atoms. The molecule has 1 aromatic rings. The van der Waals surface area contributed by atoms with E-state index in [0.717, 1.165) is 0 Å². The first-order valence-electron chi connectivity index (χ1n) is 2.90. The molecular weight excluding hydrogens is 215 g/mol. The Morgan fingerprint density at radius 1 is 1.23 bits per heavy atom. The van der Waals surface area contributed by atoms with E-state index in [1.807, 2.05) is 0 Å². The quantitative estimate of drug-likeness (QED) is 0.400. The fourth-order valence-corrected chi connectivity index (χ4v) is 1.04. The van der Waals surface area contributed by atoms with Crippen LogP contribution in [0.25, 0.3) is 10.4 Å². The zero-order chi connectivity index (χ0) is 10.0. The van der Waals surface area contributed by atoms with E-state index in [-0.39, 0.29) is 15.7 Å². The summed E-state index contributed by atoms with van der Waals surface area (Å²) in [5, 5.41) is 2.47. The molecule has 0 saturated heterocycles. The summed E-state index contributed by atoms with van der Waals surface area (Å²) in [5.74, 6) is -1.29. The van der Waals surface area contributed by atoms with Crippen molar-refractivity contribution in [3.63, 3.8) is 0 Å². The van der Waals surface area contributed by atoms with Gasteiger partial charge in [-0.3, -0.25) is 0 Å². The van der Waals surface area contributed by atoms with Crippen LogP contribution in [0.15, 0.2) is 5.11 Å². The highest BCUT2D eigenvalue weighted by atomic mass is 35.5. The number of hydrogen-bond acceptors (Lipinski definition) is 2. The van der Waals surface area contributed by atoms with Crippen molar-refractivity contribution in [2.45, 2.75) is 0 Å². The maximum Gasteiger partial charge on any atom is 0.195 e. The lowest BCUT2D eigenvalue weighted by Gasteiger charge is -2.01. The van der Waals surface area contributed by atoms with E-state index in [1.165, 1.54) is 0 Å². The molecule has 0 aliphatic carbocycles. The van der Waals surface area contributed by atoms with Crippen LogP contribution in [0.3, 0.4) is 0 Å². The minimum atomic E-state index is -0.647. The van der Waals surface area contributed by atoms with Gasteiger partial charge in [0.25, 0.3) is 0 Å². The highest BCUT2D eigenvalue weighted by Crippen LogP contribution is 2.40. The minimum absolute atomic E-state index is 0.254. The molecule has 0 unspecified atom stereocenters. The number of pyridine rings is 1. The lowest BCUT2D eigenvalue weighted by Crippen LogP contribution is -1.85. The normalized spacial score (nSPS) is 9.38. The summed E-state index contributed by atoms with van der Waals surface area (Å²) in [6, 6.07) is 0. The topological polar surface area (TPSA) is 106 Å². The van der Waals surface area contributed by atoms with Crippen LogP contribution >= 0.6 is 23.2 Å². The predicted molar refractivity (Wildman–Crippen MR) is 46.7 cm³/mol. The van der Waals surface area contributed by atoms with E-state index in [4.69, 9.17) is 40.2 Å². The fourth-order valence-electron chi connectivity index (χ4n) is 0.639. The molecule has 8 heteroatoms. The average molecular weight is 215 g/mol. The summed E-state index contributed by atoms with van der Waals surface area (Å²) < 4.78 is 0. The molecule has 13 heavy (non-hydrogen) atoms. The zero-order valence-corrected chi connectivity index (χ0v) is 7.45. The standard InChI is InChI=1S/C5Cl2N6/c6-1-3(12-13-10)2(7)5(9)11-4(1)8. The Morgan fingerprint density at radius 3 is 2.08 bits per heavy atom. The molecule has 1 aromatic heterocycles. The molecule has 1 rings (SSSR count). The van der Waals surface area contributed by atoms with Gasteiger partial charge >= 0.3 is 0 Å². The molecule has 0 aromatic carbocycles. The summed E-state index contributed by atoms with van der Waals surface area (Å²) in [6.45, 7) is 0. The second-order valence-electron chi connectivity index (χ2n) is 1.93. The van der Waals surface area contributed by atoms with Crippen molar-refractivity contribution in [1.29, 1.82) is 0 Å². The number of halogens is 2. The van der Waals surface area contributed by atoms with Crippen LogP contribution in [-0.2, 0) is 0 Å². The van der Waals surface area contributed by atoms with Gasteiger partial charge in [0.1, 0.15) is 0 Å². The third kappa shape index (κ3) is 1.70. The molecule has 6 nitrogen and oxygen atoms in total. The molecule has 0 saturated carbocycles. The average Bonchev–Trinajstić information content (AvgIpc) is 2.09. The number of nitrogens with zero attached hydrogens (tertiary/aromatic N) is 6. The van der Waals surface area contributed by atoms with Crippen molar-refractivity contribution in [2.24, 2.45) is 5.11 Å². The van der Waals surface area contributed by atoms with Crippen LogP contribution in [0.4, 0.5) is 17.3 Å². The van der Waals surface area contributed by atoms with E-state index in [9.17, 15) is 0 Å². The first-order chi connectivity index (χ1) is 6.07. The second-order valence-corrected chi connectivity index (χ2v) is 2.68. The van der Waals surface area contributed by atoms with Crippen molar-refractivity contribution in [1.82, 2.24) is 16.5 Å². The Bertz CT molecular complexity index is 370. The van der Waals surface area contributed by atoms with Crippen molar-refractivity contribution in [2.75, 3.05) is 0 Å². The van der Waals surface area contributed by atoms with Gasteiger partial charge in [-0.1, -0.05) is 28.3 Å². The van der Waals surface area contributed by atoms with Gasteiger partial charge in [0.2, 0.25) is 0 Å². The van der Waals surface area contributed by atoms with Crippen LogP contribution in [0, 0.1) is 0 Å². The molecular formula is C5Cl2N6. The molecule has 0 atom stereocenters. The summed E-state index contributed by atoms with van der Waals surface area (Å²) >= 11 is 11.0. The van der Waals surface area contributed by atoms with Crippen molar-refractivity contribution in [3.8, 4) is 0 Å². The summed E-state index contributed by atoms with van der Waals surface area (Å²) in [5.41, 5.74) is 25.8. The third-order valence-electron chi connectivity index (χ3n) is 1.16. The molecule has 4 radical (unpaired) electrons. The highest BCUT2D eigenvalue weighted by molar-refractivity contribution is 6.41. The Kier molecular flexibility index (Phi) is 2.67. The molecule has 0 bridgehead atoms. The largest absolute Gasteiger partial charge is 0.203 e. The number of hydrogen-bond donors (Lipinski definition) is 0. The van der Waals surface area contributed by atoms with Crippen LogP contribution in [0.1, 0.15) is 0 Å². The summed E-state index contributed by atoms with van der Waals surface area (Å²) in [4.78, 5) is 5.60. The van der Waals surface area contributed by atoms with Gasteiger partial charge < -0.3 is 0 Å². The Hall–Kier alpha value is -1.36. The Labute approximate surface area is 83.1 Å². The van der Waals surface area contributed by atoms with Gasteiger partial charge in [-0.15, -0.1) is 11.5 Å². The SMILES string of the molecule is [N]c1nc([N])c(Cl)c(N=[N+]=[N-])c1Cl. The van der Waals surface area contributed by atoms with Crippen LogP contribution in [0.5, 0.6) is 0 Å². The van der Waals surface area contributed by atoms with E-state index < -0.39 is 11.6 Å². The van der Waals surface area contributed by atoms with E-state index >= 15 is 0 Å². The predicted octanol–water partition coefficient (Wildman–Crippen LogP) is 2.73. The molecule has 1 heterocycles. The van der Waals surface area contributed by atoms with Gasteiger partial charge in [-0.25, -0.2) is 4.98 Å². The molecule has 0 N–H and O–H groups in total. The number of aromatic nitrogens is 1. The fraction of sp³-hybridized carbons (Fsp3) is 0. The lowest BCUT2D eigenvalue weighted by atomic mass is 10.4. The maximum atomic E-state index is 8.99. The number of rotatable bonds is 1. The first-order valence-corrected chi connectivity index (χ1v) is 3.65. The lowest BCUT2D eigenvalue weighted by molar-refractivity contribution is 1.20. The van der Waals surface area contributed by atoms with Gasteiger partial charge in [-0.2, -0.15) is 0 Å². The molecule has 64 valence electrons. The van der Waals surface area contributed by atoms with Gasteiger partial charge in [0.15, 0.2) is 11.6 Å². The highest BCUT2D eigenvalue weighted by Gasteiger charge is 2.14. The van der Waals surface area contributed by atoms with Crippen LogP contribution in [0.2, 0.25) is 10.0 Å². The third-order valence-corrected chi connectivity index (χ3v) is 1.86. The summed E-state index contributed by atoms with van der Waals surface area (Å²) in [6.07, 6.45) is 0. The van der Waals surface area contributed by atoms with Crippen molar-refractivity contribution < 1.29 is 0 Å². The summed E-state index contributed by atoms with van der Waals surface area (Å²) in [7, 11) is 0. The zero-order valence-electron chi connectivity index (χ0n) is 5.94. The molecule has 0 aliphatic heterocycles.